The van der Waals surface area contributed by atoms with E-state index in [4.69, 9.17) is 9.47 Å². The topological polar surface area (TPSA) is 149 Å². The molecule has 74 heavy (non-hydrogen) atoms. The van der Waals surface area contributed by atoms with Crippen molar-refractivity contribution in [3.8, 4) is 0 Å². The lowest BCUT2D eigenvalue weighted by Gasteiger charge is -2.40. The Balaban J connectivity index is 2.23. The van der Waals surface area contributed by atoms with Crippen LogP contribution in [0.2, 0.25) is 0 Å². The predicted octanol–water partition coefficient (Wildman–Crippen LogP) is 15.3. The van der Waals surface area contributed by atoms with Crippen molar-refractivity contribution < 1.29 is 39.8 Å². The number of rotatable bonds is 50. The highest BCUT2D eigenvalue weighted by molar-refractivity contribution is 5.76. The van der Waals surface area contributed by atoms with Gasteiger partial charge in [0, 0.05) is 6.42 Å². The van der Waals surface area contributed by atoms with E-state index in [0.717, 1.165) is 89.9 Å². The highest BCUT2D eigenvalue weighted by atomic mass is 16.7. The van der Waals surface area contributed by atoms with Crippen molar-refractivity contribution in [2.75, 3.05) is 13.2 Å². The first kappa shape index (κ1) is 68.9. The summed E-state index contributed by atoms with van der Waals surface area (Å²) < 4.78 is 11.3. The maximum Gasteiger partial charge on any atom is 0.220 e. The third-order valence-corrected chi connectivity index (χ3v) is 13.6. The van der Waals surface area contributed by atoms with Crippen LogP contribution < -0.4 is 5.32 Å². The largest absolute Gasteiger partial charge is 0.394 e. The maximum absolute atomic E-state index is 13.1. The molecular weight excluding hydrogens is 923 g/mol. The Morgan fingerprint density at radius 3 is 1.30 bits per heavy atom. The van der Waals surface area contributed by atoms with E-state index in [9.17, 15) is 30.3 Å². The summed E-state index contributed by atoms with van der Waals surface area (Å²) >= 11 is 0. The van der Waals surface area contributed by atoms with E-state index in [2.05, 4.69) is 116 Å². The van der Waals surface area contributed by atoms with Gasteiger partial charge in [-0.2, -0.15) is 0 Å². The van der Waals surface area contributed by atoms with Crippen LogP contribution in [0.15, 0.2) is 109 Å². The van der Waals surface area contributed by atoms with Gasteiger partial charge >= 0.3 is 0 Å². The molecule has 9 nitrogen and oxygen atoms in total. The van der Waals surface area contributed by atoms with Gasteiger partial charge in [-0.25, -0.2) is 0 Å². The molecule has 424 valence electrons. The molecule has 1 aliphatic rings. The zero-order valence-electron chi connectivity index (χ0n) is 47.1. The number of allylic oxidation sites excluding steroid dienone is 17. The van der Waals surface area contributed by atoms with Crippen molar-refractivity contribution >= 4 is 5.91 Å². The van der Waals surface area contributed by atoms with Crippen LogP contribution in [0.5, 0.6) is 0 Å². The highest BCUT2D eigenvalue weighted by Crippen LogP contribution is 2.23. The third kappa shape index (κ3) is 42.0. The Bertz CT molecular complexity index is 1530. The van der Waals surface area contributed by atoms with Gasteiger partial charge in [-0.1, -0.05) is 245 Å². The predicted molar refractivity (Wildman–Crippen MR) is 313 cm³/mol. The van der Waals surface area contributed by atoms with Crippen molar-refractivity contribution in [1.29, 1.82) is 0 Å². The highest BCUT2D eigenvalue weighted by Gasteiger charge is 2.44. The van der Waals surface area contributed by atoms with E-state index in [0.29, 0.717) is 6.42 Å². The second-order valence-corrected chi connectivity index (χ2v) is 20.4. The fourth-order valence-electron chi connectivity index (χ4n) is 8.84. The Hall–Kier alpha value is -3.15. The number of carbonyl (C=O) groups is 1. The van der Waals surface area contributed by atoms with Crippen molar-refractivity contribution in [2.45, 2.75) is 281 Å². The first-order chi connectivity index (χ1) is 36.3. The van der Waals surface area contributed by atoms with Gasteiger partial charge in [-0.15, -0.1) is 0 Å². The van der Waals surface area contributed by atoms with Gasteiger partial charge in [-0.05, 0) is 96.3 Å². The normalized spacial score (nSPS) is 19.8. The van der Waals surface area contributed by atoms with Crippen molar-refractivity contribution in [3.05, 3.63) is 109 Å². The Morgan fingerprint density at radius 2 is 0.851 bits per heavy atom. The molecule has 1 rings (SSSR count). The lowest BCUT2D eigenvalue weighted by Crippen LogP contribution is -2.60. The summed E-state index contributed by atoms with van der Waals surface area (Å²) in [6.07, 6.45) is 71.5. The number of unbranched alkanes of at least 4 members (excludes halogenated alkanes) is 24. The quantitative estimate of drug-likeness (QED) is 0.0261. The molecule has 7 unspecified atom stereocenters. The summed E-state index contributed by atoms with van der Waals surface area (Å²) in [4.78, 5) is 13.1. The van der Waals surface area contributed by atoms with Crippen LogP contribution in [-0.4, -0.2) is 87.5 Å². The fraction of sp³-hybridized carbons (Fsp3) is 0.708. The molecule has 1 saturated heterocycles. The number of hydrogen-bond donors (Lipinski definition) is 6. The van der Waals surface area contributed by atoms with Gasteiger partial charge in [0.15, 0.2) is 6.29 Å². The summed E-state index contributed by atoms with van der Waals surface area (Å²) in [5.74, 6) is -0.197. The van der Waals surface area contributed by atoms with E-state index < -0.39 is 49.5 Å². The van der Waals surface area contributed by atoms with Crippen molar-refractivity contribution in [3.63, 3.8) is 0 Å². The molecule has 6 N–H and O–H groups in total. The summed E-state index contributed by atoms with van der Waals surface area (Å²) in [5, 5.41) is 54.5. The first-order valence-corrected chi connectivity index (χ1v) is 30.1. The van der Waals surface area contributed by atoms with Crippen LogP contribution >= 0.6 is 0 Å². The van der Waals surface area contributed by atoms with Crippen molar-refractivity contribution in [1.82, 2.24) is 5.32 Å². The molecule has 1 amide bonds. The molecule has 0 aromatic rings. The molecule has 0 aromatic heterocycles. The summed E-state index contributed by atoms with van der Waals surface area (Å²) in [5.41, 5.74) is 0. The van der Waals surface area contributed by atoms with Gasteiger partial charge in [0.2, 0.25) is 5.91 Å². The zero-order valence-corrected chi connectivity index (χ0v) is 47.1. The molecule has 9 heteroatoms. The standard InChI is InChI=1S/C65H111NO8/c1-3-5-7-9-11-13-15-17-19-21-23-25-26-27-28-29-30-31-32-33-34-35-37-39-41-43-45-47-49-51-53-55-61(69)66-58(57-73-65-64(72)63(71)62(70)60(56-67)74-65)59(68)54-52-50-48-46-44-42-40-38-36-24-22-20-18-16-14-12-10-8-6-4-2/h5,7,11,13,17,19,23,25,27-28,30-31,36,38,44,46,52,54,58-60,62-65,67-68,70-72H,3-4,6,8-10,12,14-16,18,20-22,24,26,29,32-35,37,39-43,45,47-51,53,55-57H2,1-2H3,(H,66,69)/b7-5-,13-11-,19-17-,25-23-,28-27-,31-30-,38-36+,46-44+,54-52+. The van der Waals surface area contributed by atoms with E-state index in [-0.39, 0.29) is 12.5 Å². The van der Waals surface area contributed by atoms with Crippen LogP contribution in [0.1, 0.15) is 239 Å². The molecule has 1 aliphatic heterocycles. The molecule has 0 radical (unpaired) electrons. The summed E-state index contributed by atoms with van der Waals surface area (Å²) in [6, 6.07) is -0.837. The Labute approximate surface area is 453 Å². The molecule has 1 fully saturated rings. The Kier molecular flexibility index (Phi) is 49.6. The fourth-order valence-corrected chi connectivity index (χ4v) is 8.84. The minimum atomic E-state index is -1.58. The molecule has 0 aliphatic carbocycles. The first-order valence-electron chi connectivity index (χ1n) is 30.1. The molecule has 0 saturated carbocycles. The number of hydrogen-bond acceptors (Lipinski definition) is 8. The second kappa shape index (κ2) is 53.3. The summed E-state index contributed by atoms with van der Waals surface area (Å²) in [7, 11) is 0. The van der Waals surface area contributed by atoms with E-state index in [1.807, 2.05) is 6.08 Å². The number of aliphatic hydroxyl groups is 5. The van der Waals surface area contributed by atoms with E-state index in [1.165, 1.54) is 128 Å². The molecule has 0 spiro atoms. The average molecular weight is 1030 g/mol. The van der Waals surface area contributed by atoms with Gasteiger partial charge in [-0.3, -0.25) is 4.79 Å². The van der Waals surface area contributed by atoms with Gasteiger partial charge in [0.25, 0.3) is 0 Å². The van der Waals surface area contributed by atoms with Crippen LogP contribution in [0.4, 0.5) is 0 Å². The van der Waals surface area contributed by atoms with Gasteiger partial charge < -0.3 is 40.3 Å². The van der Waals surface area contributed by atoms with E-state index in [1.54, 1.807) is 6.08 Å². The lowest BCUT2D eigenvalue weighted by atomic mass is 9.99. The second-order valence-electron chi connectivity index (χ2n) is 20.4. The Morgan fingerprint density at radius 1 is 0.473 bits per heavy atom. The molecule has 0 bridgehead atoms. The third-order valence-electron chi connectivity index (χ3n) is 13.6. The molecule has 0 aromatic carbocycles. The smallest absolute Gasteiger partial charge is 0.220 e. The number of nitrogens with one attached hydrogen (secondary N) is 1. The summed E-state index contributed by atoms with van der Waals surface area (Å²) in [6.45, 7) is 3.64. The van der Waals surface area contributed by atoms with E-state index >= 15 is 0 Å². The number of carbonyl (C=O) groups excluding carboxylic acids is 1. The SMILES string of the molecule is CC/C=C\C/C=C\C/C=C\C/C=C\C/C=C\C/C=C\CCCCCCCCCCCCCCC(=O)NC(COC1OC(CO)C(O)C(O)C1O)C(O)/C=C/CC/C=C/CC/C=C/CCCCCCCCCCCC. The van der Waals surface area contributed by atoms with Crippen LogP contribution in [0.3, 0.4) is 0 Å². The van der Waals surface area contributed by atoms with Crippen molar-refractivity contribution in [2.24, 2.45) is 0 Å². The zero-order chi connectivity index (χ0) is 53.6. The number of amides is 1. The lowest BCUT2D eigenvalue weighted by molar-refractivity contribution is -0.302. The van der Waals surface area contributed by atoms with Crippen LogP contribution in [0, 0.1) is 0 Å². The average Bonchev–Trinajstić information content (AvgIpc) is 3.40. The molecule has 1 heterocycles. The van der Waals surface area contributed by atoms with Crippen LogP contribution in [-0.2, 0) is 14.3 Å². The molecule has 7 atom stereocenters. The van der Waals surface area contributed by atoms with Crippen LogP contribution in [0.25, 0.3) is 0 Å². The number of ether oxygens (including phenoxy) is 2. The number of aliphatic hydroxyl groups excluding tert-OH is 5. The minimum absolute atomic E-state index is 0.197. The molecular formula is C65H111NO8. The monoisotopic (exact) mass is 1030 g/mol. The minimum Gasteiger partial charge on any atom is -0.394 e. The van der Waals surface area contributed by atoms with Gasteiger partial charge in [0.05, 0.1) is 25.4 Å². The maximum atomic E-state index is 13.1. The van der Waals surface area contributed by atoms with Gasteiger partial charge in [0.1, 0.15) is 24.4 Å².